The molecule has 6 heteroatoms. The van der Waals surface area contributed by atoms with Crippen molar-refractivity contribution < 1.29 is 18.7 Å². The first-order valence-corrected chi connectivity index (χ1v) is 10.5. The van der Waals surface area contributed by atoms with Crippen LogP contribution in [0.5, 0.6) is 0 Å². The van der Waals surface area contributed by atoms with Crippen LogP contribution in [0.15, 0.2) is 65.3 Å². The van der Waals surface area contributed by atoms with E-state index in [1.165, 1.54) is 0 Å². The van der Waals surface area contributed by atoms with Crippen LogP contribution in [-0.4, -0.2) is 18.4 Å². The van der Waals surface area contributed by atoms with Crippen LogP contribution < -0.4 is 10.2 Å². The monoisotopic (exact) mass is 418 g/mol. The highest BCUT2D eigenvalue weighted by Gasteiger charge is 2.24. The molecule has 0 atom stereocenters. The Morgan fingerprint density at radius 3 is 2.74 bits per heavy atom. The molecule has 0 unspecified atom stereocenters. The normalized spacial score (nSPS) is 12.6. The van der Waals surface area contributed by atoms with Crippen LogP contribution in [0.25, 0.3) is 0 Å². The smallest absolute Gasteiger partial charge is 0.251 e. The summed E-state index contributed by atoms with van der Waals surface area (Å²) in [5, 5.41) is 2.98. The van der Waals surface area contributed by atoms with Gasteiger partial charge in [-0.25, -0.2) is 0 Å². The molecule has 160 valence electrons. The molecule has 2 amide bonds. The molecule has 0 saturated carbocycles. The second-order valence-corrected chi connectivity index (χ2v) is 7.57. The van der Waals surface area contributed by atoms with Crippen molar-refractivity contribution in [1.29, 1.82) is 0 Å². The number of hydrogen-bond acceptors (Lipinski definition) is 4. The molecule has 0 fully saturated rings. The third kappa shape index (κ3) is 5.03. The molecule has 1 aliphatic rings. The average molecular weight is 418 g/mol. The fourth-order valence-corrected chi connectivity index (χ4v) is 3.77. The van der Waals surface area contributed by atoms with Crippen LogP contribution in [-0.2, 0) is 35.7 Å². The van der Waals surface area contributed by atoms with E-state index in [2.05, 4.69) is 5.32 Å². The Kier molecular flexibility index (Phi) is 6.48. The van der Waals surface area contributed by atoms with Gasteiger partial charge in [0.25, 0.3) is 5.91 Å². The molecular weight excluding hydrogens is 392 g/mol. The standard InChI is InChI=1S/C25H26N2O4/c1-2-24(28)27-11-10-20-14-21(8-9-23(20)27)25(29)26-15-18-5-3-6-19(13-18)16-30-17-22-7-4-12-31-22/h3-9,12-14H,2,10-11,15-17H2,1H3,(H,26,29). The summed E-state index contributed by atoms with van der Waals surface area (Å²) in [6.45, 7) is 3.88. The number of ether oxygens (including phenoxy) is 1. The van der Waals surface area contributed by atoms with Crippen molar-refractivity contribution in [3.8, 4) is 0 Å². The van der Waals surface area contributed by atoms with Gasteiger partial charge in [0.05, 0.1) is 12.9 Å². The second-order valence-electron chi connectivity index (χ2n) is 7.57. The van der Waals surface area contributed by atoms with Crippen LogP contribution in [0.3, 0.4) is 0 Å². The highest BCUT2D eigenvalue weighted by Crippen LogP contribution is 2.29. The van der Waals surface area contributed by atoms with Crippen molar-refractivity contribution in [3.63, 3.8) is 0 Å². The zero-order chi connectivity index (χ0) is 21.6. The van der Waals surface area contributed by atoms with E-state index in [1.807, 2.05) is 55.5 Å². The molecule has 31 heavy (non-hydrogen) atoms. The van der Waals surface area contributed by atoms with E-state index < -0.39 is 0 Å². The fourth-order valence-electron chi connectivity index (χ4n) is 3.77. The lowest BCUT2D eigenvalue weighted by Crippen LogP contribution is -2.27. The van der Waals surface area contributed by atoms with Gasteiger partial charge in [0.15, 0.2) is 0 Å². The Morgan fingerprint density at radius 2 is 1.94 bits per heavy atom. The largest absolute Gasteiger partial charge is 0.467 e. The molecule has 0 bridgehead atoms. The number of hydrogen-bond donors (Lipinski definition) is 1. The predicted octanol–water partition coefficient (Wildman–Crippen LogP) is 4.23. The number of fused-ring (bicyclic) bond motifs is 1. The Balaban J connectivity index is 1.32. The van der Waals surface area contributed by atoms with Crippen molar-refractivity contribution >= 4 is 17.5 Å². The van der Waals surface area contributed by atoms with Gasteiger partial charge in [0.2, 0.25) is 5.91 Å². The lowest BCUT2D eigenvalue weighted by molar-refractivity contribution is -0.118. The lowest BCUT2D eigenvalue weighted by atomic mass is 10.1. The molecule has 3 aromatic rings. The Morgan fingerprint density at radius 1 is 1.06 bits per heavy atom. The number of furan rings is 1. The minimum atomic E-state index is -0.123. The minimum Gasteiger partial charge on any atom is -0.467 e. The van der Waals surface area contributed by atoms with Gasteiger partial charge in [0.1, 0.15) is 12.4 Å². The van der Waals surface area contributed by atoms with Gasteiger partial charge in [-0.2, -0.15) is 0 Å². The molecule has 1 aromatic heterocycles. The molecule has 1 aliphatic heterocycles. The van der Waals surface area contributed by atoms with Crippen LogP contribution in [0.1, 0.15) is 46.2 Å². The number of rotatable bonds is 8. The third-order valence-corrected chi connectivity index (χ3v) is 5.38. The van der Waals surface area contributed by atoms with Gasteiger partial charge in [-0.1, -0.05) is 31.2 Å². The maximum atomic E-state index is 12.7. The van der Waals surface area contributed by atoms with Gasteiger partial charge in [-0.15, -0.1) is 0 Å². The number of anilines is 1. The summed E-state index contributed by atoms with van der Waals surface area (Å²) < 4.78 is 10.9. The quantitative estimate of drug-likeness (QED) is 0.594. The van der Waals surface area contributed by atoms with Gasteiger partial charge < -0.3 is 19.4 Å². The van der Waals surface area contributed by atoms with E-state index >= 15 is 0 Å². The zero-order valence-electron chi connectivity index (χ0n) is 17.6. The molecule has 2 heterocycles. The summed E-state index contributed by atoms with van der Waals surface area (Å²) in [6.07, 6.45) is 2.89. The van der Waals surface area contributed by atoms with Crippen molar-refractivity contribution in [2.24, 2.45) is 0 Å². The predicted molar refractivity (Wildman–Crippen MR) is 118 cm³/mol. The van der Waals surface area contributed by atoms with Crippen LogP contribution in [0, 0.1) is 0 Å². The summed E-state index contributed by atoms with van der Waals surface area (Å²) >= 11 is 0. The maximum absolute atomic E-state index is 12.7. The van der Waals surface area contributed by atoms with Crippen LogP contribution >= 0.6 is 0 Å². The average Bonchev–Trinajstić information content (AvgIpc) is 3.46. The Labute approximate surface area is 181 Å². The second kappa shape index (κ2) is 9.62. The summed E-state index contributed by atoms with van der Waals surface area (Å²) in [5.74, 6) is 0.784. The molecule has 0 aliphatic carbocycles. The van der Waals surface area contributed by atoms with Gasteiger partial charge in [0, 0.05) is 30.8 Å². The maximum Gasteiger partial charge on any atom is 0.251 e. The third-order valence-electron chi connectivity index (χ3n) is 5.38. The van der Waals surface area contributed by atoms with Gasteiger partial charge >= 0.3 is 0 Å². The van der Waals surface area contributed by atoms with Crippen molar-refractivity contribution in [2.75, 3.05) is 11.4 Å². The first-order chi connectivity index (χ1) is 15.1. The number of carbonyl (C=O) groups is 2. The molecule has 0 spiro atoms. The van der Waals surface area contributed by atoms with Crippen molar-refractivity contribution in [3.05, 3.63) is 88.9 Å². The SMILES string of the molecule is CCC(=O)N1CCc2cc(C(=O)NCc3cccc(COCc4ccco4)c3)ccc21. The number of benzene rings is 2. The molecular formula is C25H26N2O4. The molecule has 6 nitrogen and oxygen atoms in total. The van der Waals surface area contributed by atoms with E-state index in [4.69, 9.17) is 9.15 Å². The highest BCUT2D eigenvalue weighted by atomic mass is 16.5. The fraction of sp³-hybridized carbons (Fsp3) is 0.280. The Hall–Kier alpha value is -3.38. The first kappa shape index (κ1) is 20.9. The van der Waals surface area contributed by atoms with Crippen LogP contribution in [0.2, 0.25) is 0 Å². The molecule has 2 aromatic carbocycles. The summed E-state index contributed by atoms with van der Waals surface area (Å²) in [4.78, 5) is 26.5. The lowest BCUT2D eigenvalue weighted by Gasteiger charge is -2.16. The highest BCUT2D eigenvalue weighted by molar-refractivity contribution is 5.98. The molecule has 4 rings (SSSR count). The van der Waals surface area contributed by atoms with Gasteiger partial charge in [-0.05, 0) is 53.4 Å². The number of amides is 2. The zero-order valence-corrected chi connectivity index (χ0v) is 17.6. The number of carbonyl (C=O) groups excluding carboxylic acids is 2. The first-order valence-electron chi connectivity index (χ1n) is 10.5. The number of nitrogens with one attached hydrogen (secondary N) is 1. The van der Waals surface area contributed by atoms with E-state index in [0.29, 0.717) is 38.3 Å². The van der Waals surface area contributed by atoms with Crippen molar-refractivity contribution in [1.82, 2.24) is 5.32 Å². The summed E-state index contributed by atoms with van der Waals surface area (Å²) in [6, 6.07) is 17.2. The molecule has 0 radical (unpaired) electrons. The topological polar surface area (TPSA) is 71.8 Å². The van der Waals surface area contributed by atoms with Gasteiger partial charge in [-0.3, -0.25) is 9.59 Å². The van der Waals surface area contributed by atoms with Crippen molar-refractivity contribution in [2.45, 2.75) is 39.5 Å². The van der Waals surface area contributed by atoms with E-state index in [0.717, 1.165) is 34.6 Å². The van der Waals surface area contributed by atoms with Crippen LogP contribution in [0.4, 0.5) is 5.69 Å². The number of nitrogens with zero attached hydrogens (tertiary/aromatic N) is 1. The van der Waals surface area contributed by atoms with E-state index in [9.17, 15) is 9.59 Å². The summed E-state index contributed by atoms with van der Waals surface area (Å²) in [5.41, 5.74) is 4.63. The van der Waals surface area contributed by atoms with E-state index in [-0.39, 0.29) is 11.8 Å². The molecule has 1 N–H and O–H groups in total. The summed E-state index contributed by atoms with van der Waals surface area (Å²) in [7, 11) is 0. The molecule has 0 saturated heterocycles. The van der Waals surface area contributed by atoms with E-state index in [1.54, 1.807) is 17.2 Å². The Bertz CT molecular complexity index is 1060. The minimum absolute atomic E-state index is 0.115.